The zero-order chi connectivity index (χ0) is 52.6. The molecule has 0 spiro atoms. The molecule has 0 aromatic rings. The number of rotatable bonds is 54. The van der Waals surface area contributed by atoms with Gasteiger partial charge in [0.25, 0.3) is 0 Å². The molecule has 0 aromatic carbocycles. The summed E-state index contributed by atoms with van der Waals surface area (Å²) in [5.74, 6) is -0.226. The summed E-state index contributed by atoms with van der Waals surface area (Å²) in [6, 6.07) is -0.853. The molecule has 0 aromatic heterocycles. The van der Waals surface area contributed by atoms with Crippen molar-refractivity contribution in [3.8, 4) is 0 Å². The second kappa shape index (κ2) is 49.4. The third-order valence-corrected chi connectivity index (χ3v) is 15.3. The first-order valence-electron chi connectivity index (χ1n) is 30.6. The fraction of sp³-hybridized carbons (Fsp3) is 0.949. The van der Waals surface area contributed by atoms with Crippen LogP contribution in [0.25, 0.3) is 0 Å². The molecule has 72 heavy (non-hydrogen) atoms. The maximum absolute atomic E-state index is 13.1. The van der Waals surface area contributed by atoms with Crippen molar-refractivity contribution in [1.29, 1.82) is 0 Å². The number of carbonyl (C=O) groups is 1. The van der Waals surface area contributed by atoms with Crippen LogP contribution < -0.4 is 5.32 Å². The molecule has 1 aliphatic heterocycles. The average Bonchev–Trinajstić information content (AvgIpc) is 3.36. The highest BCUT2D eigenvalue weighted by atomic mass is 32.3. The van der Waals surface area contributed by atoms with Crippen LogP contribution in [0.2, 0.25) is 0 Å². The minimum atomic E-state index is -5.08. The van der Waals surface area contributed by atoms with E-state index in [2.05, 4.69) is 35.5 Å². The predicted molar refractivity (Wildman–Crippen MR) is 296 cm³/mol. The molecule has 13 heteroatoms. The Morgan fingerprint density at radius 3 is 1.25 bits per heavy atom. The van der Waals surface area contributed by atoms with Gasteiger partial charge in [0.15, 0.2) is 6.29 Å². The minimum absolute atomic E-state index is 0.226. The summed E-state index contributed by atoms with van der Waals surface area (Å²) in [7, 11) is -5.08. The van der Waals surface area contributed by atoms with E-state index in [0.717, 1.165) is 51.4 Å². The van der Waals surface area contributed by atoms with Crippen molar-refractivity contribution in [3.63, 3.8) is 0 Å². The molecule has 1 rings (SSSR count). The molecule has 7 atom stereocenters. The molecule has 428 valence electrons. The second-order valence-corrected chi connectivity index (χ2v) is 22.7. The predicted octanol–water partition coefficient (Wildman–Crippen LogP) is 14.6. The smallest absolute Gasteiger partial charge is 0.394 e. The minimum Gasteiger partial charge on any atom is -0.394 e. The highest BCUT2D eigenvalue weighted by Gasteiger charge is 2.48. The van der Waals surface area contributed by atoms with Gasteiger partial charge in [-0.25, -0.2) is 4.18 Å². The van der Waals surface area contributed by atoms with Gasteiger partial charge in [-0.15, -0.1) is 0 Å². The van der Waals surface area contributed by atoms with Crippen molar-refractivity contribution in [1.82, 2.24) is 5.32 Å². The third kappa shape index (κ3) is 41.1. The Balaban J connectivity index is 2.13. The Morgan fingerprint density at radius 1 is 0.542 bits per heavy atom. The zero-order valence-corrected chi connectivity index (χ0v) is 47.3. The van der Waals surface area contributed by atoms with Crippen LogP contribution in [-0.2, 0) is 28.9 Å². The molecule has 1 heterocycles. The highest BCUT2D eigenvalue weighted by Crippen LogP contribution is 2.26. The number of hydrogen-bond donors (Lipinski definition) is 6. The number of aliphatic hydroxyl groups is 4. The standard InChI is InChI=1S/C59H115NO11S/c1-3-5-7-9-11-13-15-16-17-18-19-20-21-22-23-24-25-26-27-28-29-30-31-32-33-34-35-36-37-38-39-41-43-45-47-49-55(63)60-52(53(62)48-46-44-42-40-14-12-10-8-6-4-2)51-69-59-57(65)58(71-72(66,67)68)56(64)54(50-61)70-59/h24-25,52-54,56-59,61-62,64-65H,3-23,26-51H2,1-2H3,(H,60,63)(H,66,67,68)/b25-24-. The van der Waals surface area contributed by atoms with Crippen molar-refractivity contribution in [2.45, 2.75) is 346 Å². The summed E-state index contributed by atoms with van der Waals surface area (Å²) < 4.78 is 47.8. The molecule has 1 saturated heterocycles. The molecule has 0 bridgehead atoms. The van der Waals surface area contributed by atoms with Crippen molar-refractivity contribution < 1.29 is 51.8 Å². The van der Waals surface area contributed by atoms with Crippen LogP contribution in [0.5, 0.6) is 0 Å². The van der Waals surface area contributed by atoms with Gasteiger partial charge in [0, 0.05) is 6.42 Å². The van der Waals surface area contributed by atoms with Crippen LogP contribution in [0.15, 0.2) is 12.2 Å². The van der Waals surface area contributed by atoms with E-state index in [4.69, 9.17) is 9.47 Å². The number of aliphatic hydroxyl groups excluding tert-OH is 4. The monoisotopic (exact) mass is 1050 g/mol. The lowest BCUT2D eigenvalue weighted by Crippen LogP contribution is -2.61. The summed E-state index contributed by atoms with van der Waals surface area (Å²) in [6.45, 7) is 3.46. The quantitative estimate of drug-likeness (QED) is 0.0193. The summed E-state index contributed by atoms with van der Waals surface area (Å²) in [4.78, 5) is 13.1. The largest absolute Gasteiger partial charge is 0.397 e. The Kier molecular flexibility index (Phi) is 47.3. The molecule has 1 fully saturated rings. The molecule has 1 aliphatic rings. The molecule has 7 unspecified atom stereocenters. The van der Waals surface area contributed by atoms with Gasteiger partial charge in [0.05, 0.1) is 25.4 Å². The molecule has 0 aliphatic carbocycles. The van der Waals surface area contributed by atoms with Crippen LogP contribution in [-0.4, -0.2) is 95.4 Å². The molecule has 1 amide bonds. The van der Waals surface area contributed by atoms with Gasteiger partial charge in [-0.05, 0) is 38.5 Å². The van der Waals surface area contributed by atoms with Gasteiger partial charge < -0.3 is 35.2 Å². The average molecular weight is 1050 g/mol. The zero-order valence-electron chi connectivity index (χ0n) is 46.5. The lowest BCUT2D eigenvalue weighted by molar-refractivity contribution is -0.298. The number of hydrogen-bond acceptors (Lipinski definition) is 10. The topological polar surface area (TPSA) is 192 Å². The van der Waals surface area contributed by atoms with Gasteiger partial charge >= 0.3 is 10.4 Å². The van der Waals surface area contributed by atoms with E-state index in [9.17, 15) is 38.2 Å². The third-order valence-electron chi connectivity index (χ3n) is 14.8. The van der Waals surface area contributed by atoms with E-state index in [1.807, 2.05) is 0 Å². The van der Waals surface area contributed by atoms with Gasteiger partial charge in [-0.1, -0.05) is 270 Å². The number of carbonyl (C=O) groups excluding carboxylic acids is 1. The van der Waals surface area contributed by atoms with Crippen LogP contribution in [0.4, 0.5) is 0 Å². The SMILES string of the molecule is CCCCCCCCCCCCCCCC/C=C\CCCCCCCCCCCCCCCCCCCC(=O)NC(COC1OC(CO)C(O)C(OS(=O)(=O)O)C1O)C(O)CCCCCCCCCCCC. The van der Waals surface area contributed by atoms with Crippen molar-refractivity contribution in [3.05, 3.63) is 12.2 Å². The number of ether oxygens (including phenoxy) is 2. The van der Waals surface area contributed by atoms with Crippen molar-refractivity contribution in [2.24, 2.45) is 0 Å². The fourth-order valence-electron chi connectivity index (χ4n) is 10.1. The molecule has 0 saturated carbocycles. The maximum Gasteiger partial charge on any atom is 0.397 e. The first-order chi connectivity index (χ1) is 35.0. The first-order valence-corrected chi connectivity index (χ1v) is 31.9. The molecule has 6 N–H and O–H groups in total. The van der Waals surface area contributed by atoms with Crippen molar-refractivity contribution in [2.75, 3.05) is 13.2 Å². The Labute approximate surface area is 442 Å². The summed E-state index contributed by atoms with van der Waals surface area (Å²) in [6.07, 6.45) is 51.3. The van der Waals surface area contributed by atoms with Crippen molar-refractivity contribution >= 4 is 16.3 Å². The normalized spacial score (nSPS) is 19.3. The van der Waals surface area contributed by atoms with Gasteiger partial charge in [-0.2, -0.15) is 8.42 Å². The number of allylic oxidation sites excluding steroid dienone is 2. The van der Waals surface area contributed by atoms with Crippen LogP contribution >= 0.6 is 0 Å². The summed E-state index contributed by atoms with van der Waals surface area (Å²) in [5.41, 5.74) is 0. The molecule has 0 radical (unpaired) electrons. The van der Waals surface area contributed by atoms with Gasteiger partial charge in [0.2, 0.25) is 5.91 Å². The molecular weight excluding hydrogens is 931 g/mol. The first kappa shape index (κ1) is 68.9. The van der Waals surface area contributed by atoms with E-state index in [1.54, 1.807) is 0 Å². The fourth-order valence-corrected chi connectivity index (χ4v) is 10.6. The van der Waals surface area contributed by atoms with Crippen LogP contribution in [0.1, 0.15) is 303 Å². The van der Waals surface area contributed by atoms with Gasteiger partial charge in [0.1, 0.15) is 24.4 Å². The number of nitrogens with one attached hydrogen (secondary N) is 1. The maximum atomic E-state index is 13.1. The van der Waals surface area contributed by atoms with E-state index < -0.39 is 59.9 Å². The number of amides is 1. The lowest BCUT2D eigenvalue weighted by Gasteiger charge is -2.41. The van der Waals surface area contributed by atoms with Gasteiger partial charge in [-0.3, -0.25) is 9.35 Å². The molecule has 12 nitrogen and oxygen atoms in total. The second-order valence-electron chi connectivity index (χ2n) is 21.6. The van der Waals surface area contributed by atoms with E-state index in [0.29, 0.717) is 12.8 Å². The highest BCUT2D eigenvalue weighted by molar-refractivity contribution is 7.80. The van der Waals surface area contributed by atoms with Crippen LogP contribution in [0.3, 0.4) is 0 Å². The van der Waals surface area contributed by atoms with E-state index >= 15 is 0 Å². The van der Waals surface area contributed by atoms with E-state index in [1.165, 1.54) is 225 Å². The van der Waals surface area contributed by atoms with E-state index in [-0.39, 0.29) is 12.5 Å². The Hall–Kier alpha value is -1.16. The van der Waals surface area contributed by atoms with Crippen LogP contribution in [0, 0.1) is 0 Å². The summed E-state index contributed by atoms with van der Waals surface area (Å²) in [5, 5.41) is 44.9. The Bertz CT molecular complexity index is 1320. The molecular formula is C59H115NO11S. The Morgan fingerprint density at radius 2 is 0.889 bits per heavy atom. The summed E-state index contributed by atoms with van der Waals surface area (Å²) >= 11 is 0. The lowest BCUT2D eigenvalue weighted by atomic mass is 9.99. The number of unbranched alkanes of at least 4 members (excludes halogenated alkanes) is 40.